The Balaban J connectivity index is 1.72. The van der Waals surface area contributed by atoms with Gasteiger partial charge in [-0.25, -0.2) is 4.98 Å². The molecule has 0 bridgehead atoms. The number of methoxy groups -OCH3 is 2. The Hall–Kier alpha value is -3.02. The zero-order chi connectivity index (χ0) is 17.1. The Labute approximate surface area is 140 Å². The van der Waals surface area contributed by atoms with E-state index in [4.69, 9.17) is 9.47 Å². The van der Waals surface area contributed by atoms with Crippen LogP contribution in [0.5, 0.6) is 11.5 Å². The van der Waals surface area contributed by atoms with Crippen molar-refractivity contribution in [1.29, 1.82) is 0 Å². The third kappa shape index (κ3) is 3.17. The summed E-state index contributed by atoms with van der Waals surface area (Å²) in [6.45, 7) is 0. The summed E-state index contributed by atoms with van der Waals surface area (Å²) >= 11 is 0. The molecule has 0 radical (unpaired) electrons. The maximum atomic E-state index is 12.3. The van der Waals surface area contributed by atoms with Gasteiger partial charge in [-0.2, -0.15) is 0 Å². The number of amides is 1. The molecule has 0 fully saturated rings. The lowest BCUT2D eigenvalue weighted by atomic mass is 10.1. The number of carbonyl (C=O) groups excluding carboxylic acids is 1. The average Bonchev–Trinajstić information content (AvgIpc) is 2.95. The van der Waals surface area contributed by atoms with Gasteiger partial charge in [-0.1, -0.05) is 6.07 Å². The zero-order valence-corrected chi connectivity index (χ0v) is 13.9. The van der Waals surface area contributed by atoms with Gasteiger partial charge >= 0.3 is 0 Å². The van der Waals surface area contributed by atoms with Crippen LogP contribution < -0.4 is 14.8 Å². The molecule has 124 valence electrons. The fourth-order valence-electron chi connectivity index (χ4n) is 2.60. The molecule has 6 nitrogen and oxygen atoms in total. The molecular formula is C18H19N3O3. The van der Waals surface area contributed by atoms with Crippen LogP contribution in [0.25, 0.3) is 11.0 Å². The minimum Gasteiger partial charge on any atom is -0.493 e. The van der Waals surface area contributed by atoms with E-state index in [2.05, 4.69) is 10.3 Å². The van der Waals surface area contributed by atoms with Gasteiger partial charge in [0.2, 0.25) is 5.91 Å². The maximum absolute atomic E-state index is 12.3. The van der Waals surface area contributed by atoms with E-state index in [-0.39, 0.29) is 12.3 Å². The molecule has 0 spiro atoms. The first-order chi connectivity index (χ1) is 11.6. The van der Waals surface area contributed by atoms with E-state index in [0.717, 1.165) is 16.6 Å². The lowest BCUT2D eigenvalue weighted by Gasteiger charge is -2.10. The summed E-state index contributed by atoms with van der Waals surface area (Å²) in [6, 6.07) is 11.1. The molecule has 0 unspecified atom stereocenters. The van der Waals surface area contributed by atoms with Crippen molar-refractivity contribution in [3.63, 3.8) is 0 Å². The van der Waals surface area contributed by atoms with Crippen LogP contribution in [-0.4, -0.2) is 29.7 Å². The number of hydrogen-bond donors (Lipinski definition) is 1. The number of ether oxygens (including phenoxy) is 2. The van der Waals surface area contributed by atoms with Crippen molar-refractivity contribution in [3.8, 4) is 11.5 Å². The highest BCUT2D eigenvalue weighted by molar-refractivity contribution is 5.93. The van der Waals surface area contributed by atoms with Gasteiger partial charge in [0, 0.05) is 18.8 Å². The highest BCUT2D eigenvalue weighted by Gasteiger charge is 2.09. The summed E-state index contributed by atoms with van der Waals surface area (Å²) in [5.74, 6) is 1.10. The van der Waals surface area contributed by atoms with Gasteiger partial charge in [0.25, 0.3) is 0 Å². The minimum absolute atomic E-state index is 0.0995. The molecule has 0 atom stereocenters. The number of nitrogens with zero attached hydrogens (tertiary/aromatic N) is 2. The number of nitrogens with one attached hydrogen (secondary N) is 1. The van der Waals surface area contributed by atoms with Crippen LogP contribution in [0.15, 0.2) is 42.7 Å². The average molecular weight is 325 g/mol. The van der Waals surface area contributed by atoms with E-state index < -0.39 is 0 Å². The van der Waals surface area contributed by atoms with Gasteiger partial charge in [0.15, 0.2) is 11.5 Å². The van der Waals surface area contributed by atoms with Crippen molar-refractivity contribution in [2.45, 2.75) is 6.42 Å². The van der Waals surface area contributed by atoms with E-state index in [1.54, 1.807) is 38.7 Å². The molecular weight excluding hydrogens is 306 g/mol. The van der Waals surface area contributed by atoms with Gasteiger partial charge in [-0.15, -0.1) is 0 Å². The van der Waals surface area contributed by atoms with Crippen molar-refractivity contribution < 1.29 is 14.3 Å². The van der Waals surface area contributed by atoms with E-state index in [1.807, 2.05) is 29.8 Å². The van der Waals surface area contributed by atoms with Gasteiger partial charge in [-0.05, 0) is 29.8 Å². The Morgan fingerprint density at radius 1 is 1.12 bits per heavy atom. The van der Waals surface area contributed by atoms with Crippen LogP contribution in [0.4, 0.5) is 5.69 Å². The van der Waals surface area contributed by atoms with E-state index in [0.29, 0.717) is 17.2 Å². The number of anilines is 1. The second-order valence-corrected chi connectivity index (χ2v) is 5.47. The zero-order valence-electron chi connectivity index (χ0n) is 13.9. The molecule has 3 aromatic rings. The molecule has 24 heavy (non-hydrogen) atoms. The normalized spacial score (nSPS) is 10.6. The van der Waals surface area contributed by atoms with E-state index in [9.17, 15) is 4.79 Å². The first kappa shape index (κ1) is 15.9. The van der Waals surface area contributed by atoms with Gasteiger partial charge in [-0.3, -0.25) is 4.79 Å². The van der Waals surface area contributed by atoms with Crippen LogP contribution >= 0.6 is 0 Å². The van der Waals surface area contributed by atoms with E-state index >= 15 is 0 Å². The van der Waals surface area contributed by atoms with E-state index in [1.165, 1.54) is 0 Å². The summed E-state index contributed by atoms with van der Waals surface area (Å²) in [5.41, 5.74) is 3.50. The number of carbonyl (C=O) groups is 1. The second-order valence-electron chi connectivity index (χ2n) is 5.47. The molecule has 0 aliphatic rings. The van der Waals surface area contributed by atoms with Gasteiger partial charge in [0.05, 0.1) is 38.0 Å². The van der Waals surface area contributed by atoms with Crippen LogP contribution in [-0.2, 0) is 18.3 Å². The number of imidazole rings is 1. The van der Waals surface area contributed by atoms with Crippen LogP contribution in [0.1, 0.15) is 5.56 Å². The first-order valence-corrected chi connectivity index (χ1v) is 7.52. The number of hydrogen-bond acceptors (Lipinski definition) is 4. The van der Waals surface area contributed by atoms with Crippen molar-refractivity contribution in [2.24, 2.45) is 7.05 Å². The number of fused-ring (bicyclic) bond motifs is 1. The quantitative estimate of drug-likeness (QED) is 0.783. The van der Waals surface area contributed by atoms with Crippen molar-refractivity contribution in [1.82, 2.24) is 9.55 Å². The topological polar surface area (TPSA) is 65.4 Å². The Morgan fingerprint density at radius 2 is 1.92 bits per heavy atom. The highest BCUT2D eigenvalue weighted by atomic mass is 16.5. The molecule has 0 saturated heterocycles. The fraction of sp³-hybridized carbons (Fsp3) is 0.222. The van der Waals surface area contributed by atoms with Crippen molar-refractivity contribution in [3.05, 3.63) is 48.3 Å². The molecule has 1 heterocycles. The molecule has 2 aromatic carbocycles. The summed E-state index contributed by atoms with van der Waals surface area (Å²) in [6.07, 6.45) is 2.04. The molecule has 3 rings (SSSR count). The van der Waals surface area contributed by atoms with Crippen LogP contribution in [0, 0.1) is 0 Å². The molecule has 1 aromatic heterocycles. The van der Waals surface area contributed by atoms with Crippen LogP contribution in [0.2, 0.25) is 0 Å². The largest absolute Gasteiger partial charge is 0.493 e. The maximum Gasteiger partial charge on any atom is 0.228 e. The Morgan fingerprint density at radius 3 is 2.67 bits per heavy atom. The minimum atomic E-state index is -0.0995. The molecule has 1 N–H and O–H groups in total. The monoisotopic (exact) mass is 325 g/mol. The number of rotatable bonds is 5. The summed E-state index contributed by atoms with van der Waals surface area (Å²) in [5, 5.41) is 2.87. The second kappa shape index (κ2) is 6.62. The predicted molar refractivity (Wildman–Crippen MR) is 92.6 cm³/mol. The molecule has 6 heteroatoms. The first-order valence-electron chi connectivity index (χ1n) is 7.52. The standard InChI is InChI=1S/C18H19N3O3/c1-21-11-19-14-8-12(4-6-15(14)21)9-18(22)20-13-5-7-16(23-2)17(10-13)24-3/h4-8,10-11H,9H2,1-3H3,(H,20,22). The number of benzene rings is 2. The molecule has 0 aliphatic carbocycles. The number of aryl methyl sites for hydroxylation is 1. The van der Waals surface area contributed by atoms with Gasteiger partial charge in [0.1, 0.15) is 0 Å². The van der Waals surface area contributed by atoms with Crippen LogP contribution in [0.3, 0.4) is 0 Å². The SMILES string of the molecule is COc1ccc(NC(=O)Cc2ccc3c(c2)ncn3C)cc1OC. The van der Waals surface area contributed by atoms with Crippen molar-refractivity contribution >= 4 is 22.6 Å². The predicted octanol–water partition coefficient (Wildman–Crippen LogP) is 2.77. The highest BCUT2D eigenvalue weighted by Crippen LogP contribution is 2.29. The molecule has 0 saturated carbocycles. The fourth-order valence-corrected chi connectivity index (χ4v) is 2.60. The summed E-state index contributed by atoms with van der Waals surface area (Å²) in [7, 11) is 5.08. The number of aromatic nitrogens is 2. The summed E-state index contributed by atoms with van der Waals surface area (Å²) < 4.78 is 12.4. The Bertz CT molecular complexity index is 886. The Kier molecular flexibility index (Phi) is 4.37. The van der Waals surface area contributed by atoms with Gasteiger partial charge < -0.3 is 19.4 Å². The molecule has 1 amide bonds. The smallest absolute Gasteiger partial charge is 0.228 e. The lowest BCUT2D eigenvalue weighted by Crippen LogP contribution is -2.14. The third-order valence-corrected chi connectivity index (χ3v) is 3.82. The van der Waals surface area contributed by atoms with Crippen molar-refractivity contribution in [2.75, 3.05) is 19.5 Å². The summed E-state index contributed by atoms with van der Waals surface area (Å²) in [4.78, 5) is 16.6. The molecule has 0 aliphatic heterocycles. The lowest BCUT2D eigenvalue weighted by molar-refractivity contribution is -0.115. The third-order valence-electron chi connectivity index (χ3n) is 3.82.